The first-order chi connectivity index (χ1) is 12.3. The largest absolute Gasteiger partial charge is 0.493 e. The summed E-state index contributed by atoms with van der Waals surface area (Å²) < 4.78 is 10.6. The maximum absolute atomic E-state index is 5.31. The lowest BCUT2D eigenvalue weighted by Crippen LogP contribution is -2.32. The van der Waals surface area contributed by atoms with Crippen LogP contribution in [0.2, 0.25) is 0 Å². The molecule has 2 aromatic rings. The van der Waals surface area contributed by atoms with E-state index in [1.54, 1.807) is 21.3 Å². The van der Waals surface area contributed by atoms with Crippen molar-refractivity contribution in [3.63, 3.8) is 0 Å². The highest BCUT2D eigenvalue weighted by Gasteiger charge is 2.06. The molecule has 6 nitrogen and oxygen atoms in total. The molecule has 0 fully saturated rings. The second-order valence-electron chi connectivity index (χ2n) is 5.34. The third-order valence-electron chi connectivity index (χ3n) is 3.62. The molecule has 2 rings (SSSR count). The number of aliphatic imine (C=N–C) groups is 1. The van der Waals surface area contributed by atoms with Crippen LogP contribution in [0.4, 0.5) is 11.4 Å². The number of anilines is 2. The first-order valence-electron chi connectivity index (χ1n) is 8.25. The second-order valence-corrected chi connectivity index (χ2v) is 5.34. The zero-order chi connectivity index (χ0) is 17.9. The predicted octanol–water partition coefficient (Wildman–Crippen LogP) is 3.19. The van der Waals surface area contributed by atoms with Crippen LogP contribution in [0.5, 0.6) is 11.5 Å². The van der Waals surface area contributed by atoms with Gasteiger partial charge in [0.25, 0.3) is 0 Å². The summed E-state index contributed by atoms with van der Waals surface area (Å²) in [6.45, 7) is 1.71. The van der Waals surface area contributed by atoms with Gasteiger partial charge in [0.1, 0.15) is 0 Å². The van der Waals surface area contributed by atoms with E-state index in [0.29, 0.717) is 17.5 Å². The normalized spacial score (nSPS) is 10.9. The Balaban J connectivity index is 1.77. The highest BCUT2D eigenvalue weighted by molar-refractivity contribution is 5.93. The van der Waals surface area contributed by atoms with E-state index in [-0.39, 0.29) is 0 Å². The molecule has 0 aromatic heterocycles. The molecule has 0 saturated carbocycles. The van der Waals surface area contributed by atoms with Gasteiger partial charge >= 0.3 is 0 Å². The van der Waals surface area contributed by atoms with Gasteiger partial charge in [0.2, 0.25) is 0 Å². The van der Waals surface area contributed by atoms with Gasteiger partial charge in [-0.05, 0) is 30.7 Å². The molecule has 0 heterocycles. The predicted molar refractivity (Wildman–Crippen MR) is 104 cm³/mol. The molecular formula is C19H26N4O2. The fraction of sp³-hybridized carbons (Fsp3) is 0.316. The Labute approximate surface area is 149 Å². The van der Waals surface area contributed by atoms with Crippen molar-refractivity contribution in [2.75, 3.05) is 45.0 Å². The van der Waals surface area contributed by atoms with Crippen molar-refractivity contribution in [3.05, 3.63) is 48.5 Å². The number of nitrogens with one attached hydrogen (secondary N) is 3. The SMILES string of the molecule is CN=C(NCCCNc1ccccc1)Nc1ccc(OC)c(OC)c1. The van der Waals surface area contributed by atoms with E-state index in [4.69, 9.17) is 9.47 Å². The summed E-state index contributed by atoms with van der Waals surface area (Å²) >= 11 is 0. The lowest BCUT2D eigenvalue weighted by Gasteiger charge is -2.14. The van der Waals surface area contributed by atoms with Crippen molar-refractivity contribution in [2.45, 2.75) is 6.42 Å². The topological polar surface area (TPSA) is 66.9 Å². The molecule has 0 aliphatic heterocycles. The summed E-state index contributed by atoms with van der Waals surface area (Å²) in [5.41, 5.74) is 2.02. The summed E-state index contributed by atoms with van der Waals surface area (Å²) in [6, 6.07) is 15.8. The number of guanidine groups is 1. The van der Waals surface area contributed by atoms with Crippen LogP contribution in [-0.2, 0) is 0 Å². The minimum absolute atomic E-state index is 0.676. The molecule has 0 atom stereocenters. The Morgan fingerprint density at radius 3 is 2.36 bits per heavy atom. The molecule has 0 amide bonds. The van der Waals surface area contributed by atoms with Crippen molar-refractivity contribution < 1.29 is 9.47 Å². The average Bonchev–Trinajstić information content (AvgIpc) is 2.67. The molecule has 2 aromatic carbocycles. The van der Waals surface area contributed by atoms with Gasteiger partial charge < -0.3 is 25.4 Å². The van der Waals surface area contributed by atoms with Gasteiger partial charge in [-0.25, -0.2) is 0 Å². The fourth-order valence-electron chi connectivity index (χ4n) is 2.31. The highest BCUT2D eigenvalue weighted by Crippen LogP contribution is 2.29. The Kier molecular flexibility index (Phi) is 7.43. The van der Waals surface area contributed by atoms with E-state index < -0.39 is 0 Å². The Morgan fingerprint density at radius 2 is 1.68 bits per heavy atom. The third-order valence-corrected chi connectivity index (χ3v) is 3.62. The fourth-order valence-corrected chi connectivity index (χ4v) is 2.31. The van der Waals surface area contributed by atoms with Crippen molar-refractivity contribution >= 4 is 17.3 Å². The Hall–Kier alpha value is -2.89. The lowest BCUT2D eigenvalue weighted by molar-refractivity contribution is 0.355. The summed E-state index contributed by atoms with van der Waals surface area (Å²) in [6.07, 6.45) is 0.974. The second kappa shape index (κ2) is 10.1. The van der Waals surface area contributed by atoms with Gasteiger partial charge in [-0.2, -0.15) is 0 Å². The molecule has 0 aliphatic rings. The van der Waals surface area contributed by atoms with Gasteiger partial charge in [-0.3, -0.25) is 4.99 Å². The molecule has 0 spiro atoms. The minimum atomic E-state index is 0.676. The van der Waals surface area contributed by atoms with Gasteiger partial charge in [0.15, 0.2) is 17.5 Å². The standard InChI is InChI=1S/C19H26N4O2/c1-20-19(22-13-7-12-21-15-8-5-4-6-9-15)23-16-10-11-17(24-2)18(14-16)25-3/h4-6,8-11,14,21H,7,12-13H2,1-3H3,(H2,20,22,23). The van der Waals surface area contributed by atoms with E-state index in [2.05, 4.69) is 33.1 Å². The van der Waals surface area contributed by atoms with Crippen LogP contribution in [0.15, 0.2) is 53.5 Å². The van der Waals surface area contributed by atoms with Gasteiger partial charge in [0, 0.05) is 37.6 Å². The zero-order valence-corrected chi connectivity index (χ0v) is 15.0. The van der Waals surface area contributed by atoms with Gasteiger partial charge in [-0.1, -0.05) is 18.2 Å². The number of rotatable bonds is 8. The van der Waals surface area contributed by atoms with Crippen LogP contribution < -0.4 is 25.4 Å². The number of methoxy groups -OCH3 is 2. The van der Waals surface area contributed by atoms with Crippen LogP contribution >= 0.6 is 0 Å². The number of hydrogen-bond donors (Lipinski definition) is 3. The number of benzene rings is 2. The van der Waals surface area contributed by atoms with Gasteiger partial charge in [-0.15, -0.1) is 0 Å². The number of nitrogens with zero attached hydrogens (tertiary/aromatic N) is 1. The molecule has 0 saturated heterocycles. The highest BCUT2D eigenvalue weighted by atomic mass is 16.5. The van der Waals surface area contributed by atoms with E-state index in [1.165, 1.54) is 0 Å². The third kappa shape index (κ3) is 5.91. The maximum Gasteiger partial charge on any atom is 0.195 e. The van der Waals surface area contributed by atoms with E-state index in [1.807, 2.05) is 36.4 Å². The van der Waals surface area contributed by atoms with E-state index in [9.17, 15) is 0 Å². The molecule has 0 radical (unpaired) electrons. The summed E-state index contributed by atoms with van der Waals surface area (Å²) in [4.78, 5) is 4.24. The molecular weight excluding hydrogens is 316 g/mol. The number of para-hydroxylation sites is 1. The molecule has 0 unspecified atom stereocenters. The number of ether oxygens (including phenoxy) is 2. The van der Waals surface area contributed by atoms with Crippen molar-refractivity contribution in [2.24, 2.45) is 4.99 Å². The minimum Gasteiger partial charge on any atom is -0.493 e. The zero-order valence-electron chi connectivity index (χ0n) is 15.0. The maximum atomic E-state index is 5.31. The van der Waals surface area contributed by atoms with E-state index in [0.717, 1.165) is 30.9 Å². The average molecular weight is 342 g/mol. The molecule has 3 N–H and O–H groups in total. The van der Waals surface area contributed by atoms with Crippen molar-refractivity contribution in [3.8, 4) is 11.5 Å². The lowest BCUT2D eigenvalue weighted by atomic mass is 10.2. The van der Waals surface area contributed by atoms with Gasteiger partial charge in [0.05, 0.1) is 14.2 Å². The van der Waals surface area contributed by atoms with Crippen LogP contribution in [0, 0.1) is 0 Å². The molecule has 6 heteroatoms. The first kappa shape index (κ1) is 18.4. The molecule has 134 valence electrons. The summed E-state index contributed by atoms with van der Waals surface area (Å²) in [5.74, 6) is 2.09. The van der Waals surface area contributed by atoms with Crippen molar-refractivity contribution in [1.82, 2.24) is 5.32 Å². The molecule has 25 heavy (non-hydrogen) atoms. The van der Waals surface area contributed by atoms with Crippen LogP contribution in [0.3, 0.4) is 0 Å². The number of hydrogen-bond acceptors (Lipinski definition) is 4. The Bertz CT molecular complexity index is 674. The van der Waals surface area contributed by atoms with E-state index >= 15 is 0 Å². The smallest absolute Gasteiger partial charge is 0.195 e. The Morgan fingerprint density at radius 1 is 0.920 bits per heavy atom. The van der Waals surface area contributed by atoms with Crippen LogP contribution in [0.25, 0.3) is 0 Å². The molecule has 0 bridgehead atoms. The first-order valence-corrected chi connectivity index (χ1v) is 8.25. The quantitative estimate of drug-likeness (QED) is 0.391. The summed E-state index contributed by atoms with van der Waals surface area (Å²) in [7, 11) is 4.99. The molecule has 0 aliphatic carbocycles. The van der Waals surface area contributed by atoms with Crippen molar-refractivity contribution in [1.29, 1.82) is 0 Å². The monoisotopic (exact) mass is 342 g/mol. The summed E-state index contributed by atoms with van der Waals surface area (Å²) in [5, 5.41) is 9.93. The van der Waals surface area contributed by atoms with Crippen LogP contribution in [-0.4, -0.2) is 40.3 Å². The van der Waals surface area contributed by atoms with Crippen LogP contribution in [0.1, 0.15) is 6.42 Å².